The summed E-state index contributed by atoms with van der Waals surface area (Å²) in [5.74, 6) is -1.97. The van der Waals surface area contributed by atoms with Gasteiger partial charge in [0.05, 0.1) is 0 Å². The van der Waals surface area contributed by atoms with Gasteiger partial charge in [0.2, 0.25) is 5.91 Å². The van der Waals surface area contributed by atoms with Crippen LogP contribution in [0.5, 0.6) is 0 Å². The number of carbonyl (C=O) groups excluding carboxylic acids is 1. The van der Waals surface area contributed by atoms with Crippen molar-refractivity contribution in [1.29, 1.82) is 0 Å². The van der Waals surface area contributed by atoms with E-state index in [1.165, 1.54) is 0 Å². The van der Waals surface area contributed by atoms with Gasteiger partial charge in [-0.25, -0.2) is 0 Å². The topological polar surface area (TPSA) is 43.1 Å². The monoisotopic (exact) mass is 267 g/mol. The first-order valence-corrected chi connectivity index (χ1v) is 6.58. The Balaban J connectivity index is 5.14. The van der Waals surface area contributed by atoms with Crippen molar-refractivity contribution in [3.05, 3.63) is 0 Å². The molecule has 5 heteroatoms. The van der Waals surface area contributed by atoms with Crippen LogP contribution in [0.4, 0.5) is 13.2 Å². The van der Waals surface area contributed by atoms with E-state index in [4.69, 9.17) is 5.73 Å². The molecule has 0 fully saturated rings. The molecule has 0 aliphatic rings. The Hall–Kier alpha value is -0.740. The summed E-state index contributed by atoms with van der Waals surface area (Å²) < 4.78 is 39.5. The first-order chi connectivity index (χ1) is 8.21. The minimum absolute atomic E-state index is 0.398. The second-order valence-corrected chi connectivity index (χ2v) is 5.05. The maximum absolute atomic E-state index is 13.2. The second-order valence-electron chi connectivity index (χ2n) is 5.05. The van der Waals surface area contributed by atoms with Gasteiger partial charge in [-0.15, -0.1) is 0 Å². The number of unbranched alkanes of at least 4 members (excludes halogenated alkanes) is 2. The number of hydrogen-bond donors (Lipinski definition) is 1. The molecule has 0 aliphatic carbocycles. The highest BCUT2D eigenvalue weighted by Crippen LogP contribution is 2.47. The van der Waals surface area contributed by atoms with E-state index in [1.807, 2.05) is 13.8 Å². The van der Waals surface area contributed by atoms with E-state index in [1.54, 1.807) is 0 Å². The second kappa shape index (κ2) is 7.00. The summed E-state index contributed by atoms with van der Waals surface area (Å²) in [7, 11) is 0. The van der Waals surface area contributed by atoms with Crippen LogP contribution in [-0.2, 0) is 4.79 Å². The van der Waals surface area contributed by atoms with Crippen molar-refractivity contribution in [2.75, 3.05) is 0 Å². The molecule has 0 bridgehead atoms. The maximum atomic E-state index is 13.2. The molecular weight excluding hydrogens is 243 g/mol. The van der Waals surface area contributed by atoms with Gasteiger partial charge >= 0.3 is 6.18 Å². The van der Waals surface area contributed by atoms with Gasteiger partial charge in [0.15, 0.2) is 0 Å². The van der Waals surface area contributed by atoms with Crippen molar-refractivity contribution in [2.24, 2.45) is 17.1 Å². The van der Waals surface area contributed by atoms with Crippen molar-refractivity contribution in [1.82, 2.24) is 0 Å². The summed E-state index contributed by atoms with van der Waals surface area (Å²) in [5.41, 5.74) is 2.64. The Labute approximate surface area is 107 Å². The summed E-state index contributed by atoms with van der Waals surface area (Å²) in [6.45, 7) is 4.80. The predicted molar refractivity (Wildman–Crippen MR) is 65.9 cm³/mol. The summed E-state index contributed by atoms with van der Waals surface area (Å²) in [6.07, 6.45) is -0.777. The number of nitrogens with two attached hydrogens (primary N) is 1. The molecule has 0 saturated heterocycles. The molecule has 0 spiro atoms. The largest absolute Gasteiger partial charge is 0.403 e. The van der Waals surface area contributed by atoms with Crippen LogP contribution in [-0.4, -0.2) is 12.1 Å². The van der Waals surface area contributed by atoms with E-state index in [-0.39, 0.29) is 0 Å². The van der Waals surface area contributed by atoms with Crippen molar-refractivity contribution < 1.29 is 18.0 Å². The summed E-state index contributed by atoms with van der Waals surface area (Å²) >= 11 is 0. The zero-order valence-electron chi connectivity index (χ0n) is 11.4. The van der Waals surface area contributed by atoms with Crippen molar-refractivity contribution in [3.8, 4) is 0 Å². The molecule has 0 aromatic heterocycles. The van der Waals surface area contributed by atoms with Gasteiger partial charge in [-0.1, -0.05) is 39.5 Å². The molecule has 1 amide bonds. The van der Waals surface area contributed by atoms with Gasteiger partial charge in [0.25, 0.3) is 0 Å². The quantitative estimate of drug-likeness (QED) is 0.708. The van der Waals surface area contributed by atoms with Crippen LogP contribution in [0, 0.1) is 11.3 Å². The van der Waals surface area contributed by atoms with E-state index in [0.717, 1.165) is 19.8 Å². The first-order valence-electron chi connectivity index (χ1n) is 6.58. The Bertz CT molecular complexity index is 257. The van der Waals surface area contributed by atoms with Gasteiger partial charge in [-0.05, 0) is 25.7 Å². The third-order valence-electron chi connectivity index (χ3n) is 3.73. The normalized spacial score (nSPS) is 15.7. The molecule has 1 atom stereocenters. The highest BCUT2D eigenvalue weighted by atomic mass is 19.4. The van der Waals surface area contributed by atoms with E-state index in [9.17, 15) is 18.0 Å². The molecule has 0 aliphatic heterocycles. The molecule has 0 aromatic carbocycles. The molecule has 0 radical (unpaired) electrons. The van der Waals surface area contributed by atoms with Gasteiger partial charge in [-0.3, -0.25) is 4.79 Å². The Kier molecular flexibility index (Phi) is 6.71. The molecule has 0 aromatic rings. The number of rotatable bonds is 8. The minimum Gasteiger partial charge on any atom is -0.369 e. The molecule has 0 unspecified atom stereocenters. The average Bonchev–Trinajstić information content (AvgIpc) is 2.26. The number of primary amides is 1. The highest BCUT2D eigenvalue weighted by Gasteiger charge is 2.59. The summed E-state index contributed by atoms with van der Waals surface area (Å²) in [6, 6.07) is 0. The smallest absolute Gasteiger partial charge is 0.369 e. The van der Waals surface area contributed by atoms with Crippen LogP contribution in [0.1, 0.15) is 59.3 Å². The lowest BCUT2D eigenvalue weighted by Crippen LogP contribution is -2.51. The van der Waals surface area contributed by atoms with Crippen LogP contribution in [0.15, 0.2) is 0 Å². The van der Waals surface area contributed by atoms with E-state index in [2.05, 4.69) is 0 Å². The highest BCUT2D eigenvalue weighted by molar-refractivity contribution is 5.81. The fourth-order valence-corrected chi connectivity index (χ4v) is 2.20. The first kappa shape index (κ1) is 17.3. The summed E-state index contributed by atoms with van der Waals surface area (Å²) in [4.78, 5) is 11.3. The van der Waals surface area contributed by atoms with Crippen LogP contribution in [0.25, 0.3) is 0 Å². The molecule has 0 heterocycles. The van der Waals surface area contributed by atoms with Crippen molar-refractivity contribution in [3.63, 3.8) is 0 Å². The average molecular weight is 267 g/mol. The zero-order chi connectivity index (χ0) is 14.4. The van der Waals surface area contributed by atoms with Gasteiger partial charge < -0.3 is 5.73 Å². The fraction of sp³-hybridized carbons (Fsp3) is 0.923. The van der Waals surface area contributed by atoms with E-state index in [0.29, 0.717) is 25.7 Å². The van der Waals surface area contributed by atoms with Crippen molar-refractivity contribution >= 4 is 5.91 Å². The number of carbonyl (C=O) groups is 1. The van der Waals surface area contributed by atoms with Crippen LogP contribution >= 0.6 is 0 Å². The standard InChI is InChI=1S/C13H24F3NO/c1-4-6-8-10(9-7-5-2)12(3,11(17)18)13(14,15)16/h10H,4-9H2,1-3H3,(H2,17,18)/t12-/m1/s1. The molecule has 108 valence electrons. The number of halogens is 3. The lowest BCUT2D eigenvalue weighted by molar-refractivity contribution is -0.231. The van der Waals surface area contributed by atoms with Crippen LogP contribution in [0.2, 0.25) is 0 Å². The van der Waals surface area contributed by atoms with Gasteiger partial charge in [0, 0.05) is 0 Å². The lowest BCUT2D eigenvalue weighted by Gasteiger charge is -2.36. The molecular formula is C13H24F3NO. The van der Waals surface area contributed by atoms with E-state index < -0.39 is 23.4 Å². The lowest BCUT2D eigenvalue weighted by atomic mass is 9.71. The Morgan fingerprint density at radius 1 is 1.11 bits per heavy atom. The van der Waals surface area contributed by atoms with Crippen LogP contribution < -0.4 is 5.73 Å². The van der Waals surface area contributed by atoms with E-state index >= 15 is 0 Å². The van der Waals surface area contributed by atoms with Gasteiger partial charge in [0.1, 0.15) is 5.41 Å². The van der Waals surface area contributed by atoms with Crippen molar-refractivity contribution in [2.45, 2.75) is 65.5 Å². The van der Waals surface area contributed by atoms with Crippen LogP contribution in [0.3, 0.4) is 0 Å². The number of alkyl halides is 3. The molecule has 2 nitrogen and oxygen atoms in total. The third-order valence-corrected chi connectivity index (χ3v) is 3.73. The number of hydrogen-bond acceptors (Lipinski definition) is 1. The van der Waals surface area contributed by atoms with Gasteiger partial charge in [-0.2, -0.15) is 13.2 Å². The minimum atomic E-state index is -4.58. The fourth-order valence-electron chi connectivity index (χ4n) is 2.20. The predicted octanol–water partition coefficient (Wildman–Crippen LogP) is 4.04. The Morgan fingerprint density at radius 2 is 1.50 bits per heavy atom. The third kappa shape index (κ3) is 3.89. The molecule has 18 heavy (non-hydrogen) atoms. The molecule has 0 saturated carbocycles. The number of amides is 1. The molecule has 0 rings (SSSR count). The zero-order valence-corrected chi connectivity index (χ0v) is 11.4. The Morgan fingerprint density at radius 3 is 1.72 bits per heavy atom. The summed E-state index contributed by atoms with van der Waals surface area (Å²) in [5, 5.41) is 0. The maximum Gasteiger partial charge on any atom is 0.403 e. The SMILES string of the molecule is CCCCC(CCCC)[C@](C)(C(N)=O)C(F)(F)F. The molecule has 2 N–H and O–H groups in total.